The number of amides is 1. The average molecular weight is 281 g/mol. The van der Waals surface area contributed by atoms with E-state index in [-0.39, 0.29) is 24.5 Å². The van der Waals surface area contributed by atoms with Gasteiger partial charge in [-0.05, 0) is 31.8 Å². The van der Waals surface area contributed by atoms with Gasteiger partial charge < -0.3 is 15.7 Å². The fourth-order valence-electron chi connectivity index (χ4n) is 2.30. The zero-order chi connectivity index (χ0) is 14.5. The Bertz CT molecular complexity index is 440. The van der Waals surface area contributed by atoms with Crippen LogP contribution in [-0.4, -0.2) is 51.7 Å². The number of aliphatic hydroxyl groups excluding tert-OH is 1. The lowest BCUT2D eigenvalue weighted by Crippen LogP contribution is -2.41. The van der Waals surface area contributed by atoms with Crippen LogP contribution in [-0.2, 0) is 0 Å². The van der Waals surface area contributed by atoms with Crippen LogP contribution in [0, 0.1) is 5.92 Å². The van der Waals surface area contributed by atoms with Crippen LogP contribution in [0.1, 0.15) is 43.2 Å². The molecule has 1 saturated heterocycles. The average Bonchev–Trinajstić information content (AvgIpc) is 2.95. The van der Waals surface area contributed by atoms with Crippen molar-refractivity contribution in [3.8, 4) is 0 Å². The molecule has 3 N–H and O–H groups in total. The molecular weight excluding hydrogens is 258 g/mol. The van der Waals surface area contributed by atoms with Crippen molar-refractivity contribution < 1.29 is 9.90 Å². The lowest BCUT2D eigenvalue weighted by Gasteiger charge is -2.22. The molecule has 7 nitrogen and oxygen atoms in total. The van der Waals surface area contributed by atoms with Gasteiger partial charge in [-0.3, -0.25) is 4.79 Å². The molecule has 7 heteroatoms. The number of carbonyl (C=O) groups excluding carboxylic acids is 1. The number of rotatable bonds is 5. The minimum absolute atomic E-state index is 0.0775. The number of aromatic nitrogens is 3. The van der Waals surface area contributed by atoms with Crippen LogP contribution in [0.3, 0.4) is 0 Å². The lowest BCUT2D eigenvalue weighted by atomic mass is 10.1. The number of nitrogens with zero attached hydrogens (tertiary/aromatic N) is 3. The van der Waals surface area contributed by atoms with Gasteiger partial charge in [0.25, 0.3) is 5.91 Å². The number of aliphatic hydroxyl groups is 1. The van der Waals surface area contributed by atoms with Crippen molar-refractivity contribution in [3.63, 3.8) is 0 Å². The fraction of sp³-hybridized carbons (Fsp3) is 0.769. The van der Waals surface area contributed by atoms with E-state index in [1.165, 1.54) is 0 Å². The SMILES string of the molecule is CC(C)C(CO)NC(=O)c1cn(C2CCNCC2)nn1. The third-order valence-electron chi connectivity index (χ3n) is 3.74. The molecule has 1 unspecified atom stereocenters. The Labute approximate surface area is 118 Å². The van der Waals surface area contributed by atoms with Gasteiger partial charge in [0, 0.05) is 0 Å². The van der Waals surface area contributed by atoms with E-state index in [9.17, 15) is 9.90 Å². The molecule has 2 rings (SSSR count). The first-order valence-corrected chi connectivity index (χ1v) is 7.16. The van der Waals surface area contributed by atoms with Gasteiger partial charge in [0.15, 0.2) is 5.69 Å². The highest BCUT2D eigenvalue weighted by Crippen LogP contribution is 2.17. The molecule has 1 aliphatic rings. The van der Waals surface area contributed by atoms with Crippen LogP contribution < -0.4 is 10.6 Å². The Morgan fingerprint density at radius 2 is 2.25 bits per heavy atom. The molecule has 1 aromatic heterocycles. The Hall–Kier alpha value is -1.47. The number of hydrogen-bond donors (Lipinski definition) is 3. The van der Waals surface area contributed by atoms with Gasteiger partial charge in [0.05, 0.1) is 24.9 Å². The van der Waals surface area contributed by atoms with Gasteiger partial charge in [-0.2, -0.15) is 0 Å². The molecule has 0 spiro atoms. The van der Waals surface area contributed by atoms with Crippen molar-refractivity contribution in [2.24, 2.45) is 5.92 Å². The van der Waals surface area contributed by atoms with Crippen LogP contribution in [0.15, 0.2) is 6.20 Å². The monoisotopic (exact) mass is 281 g/mol. The smallest absolute Gasteiger partial charge is 0.273 e. The Morgan fingerprint density at radius 1 is 1.55 bits per heavy atom. The second-order valence-corrected chi connectivity index (χ2v) is 5.57. The molecule has 112 valence electrons. The predicted molar refractivity (Wildman–Crippen MR) is 74.3 cm³/mol. The summed E-state index contributed by atoms with van der Waals surface area (Å²) >= 11 is 0. The van der Waals surface area contributed by atoms with Gasteiger partial charge in [0.2, 0.25) is 0 Å². The van der Waals surface area contributed by atoms with E-state index in [0.717, 1.165) is 25.9 Å². The number of carbonyl (C=O) groups is 1. The summed E-state index contributed by atoms with van der Waals surface area (Å²) in [7, 11) is 0. The molecule has 0 bridgehead atoms. The summed E-state index contributed by atoms with van der Waals surface area (Å²) in [6.45, 7) is 5.75. The zero-order valence-corrected chi connectivity index (χ0v) is 12.0. The fourth-order valence-corrected chi connectivity index (χ4v) is 2.30. The van der Waals surface area contributed by atoms with E-state index in [1.807, 2.05) is 13.8 Å². The summed E-state index contributed by atoms with van der Waals surface area (Å²) in [5.41, 5.74) is 0.308. The van der Waals surface area contributed by atoms with Crippen LogP contribution in [0.4, 0.5) is 0 Å². The van der Waals surface area contributed by atoms with Gasteiger partial charge in [-0.1, -0.05) is 19.1 Å². The summed E-state index contributed by atoms with van der Waals surface area (Å²) in [6.07, 6.45) is 3.69. The second kappa shape index (κ2) is 6.81. The molecule has 0 aromatic carbocycles. The van der Waals surface area contributed by atoms with Gasteiger partial charge in [-0.15, -0.1) is 5.10 Å². The van der Waals surface area contributed by atoms with E-state index in [1.54, 1.807) is 10.9 Å². The molecule has 1 amide bonds. The van der Waals surface area contributed by atoms with E-state index >= 15 is 0 Å². The molecular formula is C13H23N5O2. The molecule has 1 aromatic rings. The zero-order valence-electron chi connectivity index (χ0n) is 12.0. The van der Waals surface area contributed by atoms with Crippen molar-refractivity contribution in [2.45, 2.75) is 38.8 Å². The standard InChI is InChI=1S/C13H23N5O2/c1-9(2)12(8-19)15-13(20)11-7-18(17-16-11)10-3-5-14-6-4-10/h7,9-10,12,14,19H,3-6,8H2,1-2H3,(H,15,20). The molecule has 20 heavy (non-hydrogen) atoms. The van der Waals surface area contributed by atoms with Crippen LogP contribution in [0.2, 0.25) is 0 Å². The molecule has 1 fully saturated rings. The third-order valence-corrected chi connectivity index (χ3v) is 3.74. The van der Waals surface area contributed by atoms with Gasteiger partial charge in [0.1, 0.15) is 0 Å². The van der Waals surface area contributed by atoms with Crippen molar-refractivity contribution in [3.05, 3.63) is 11.9 Å². The van der Waals surface area contributed by atoms with Gasteiger partial charge >= 0.3 is 0 Å². The van der Waals surface area contributed by atoms with E-state index < -0.39 is 0 Å². The van der Waals surface area contributed by atoms with Crippen LogP contribution in [0.25, 0.3) is 0 Å². The third kappa shape index (κ3) is 3.55. The van der Waals surface area contributed by atoms with Crippen molar-refractivity contribution >= 4 is 5.91 Å². The molecule has 1 atom stereocenters. The first-order chi connectivity index (χ1) is 9.61. The Balaban J connectivity index is 1.98. The number of piperidine rings is 1. The van der Waals surface area contributed by atoms with E-state index in [0.29, 0.717) is 11.7 Å². The molecule has 0 aliphatic carbocycles. The Kier molecular flexibility index (Phi) is 5.08. The lowest BCUT2D eigenvalue weighted by molar-refractivity contribution is 0.0891. The first-order valence-electron chi connectivity index (χ1n) is 7.16. The largest absolute Gasteiger partial charge is 0.394 e. The second-order valence-electron chi connectivity index (χ2n) is 5.57. The summed E-state index contributed by atoms with van der Waals surface area (Å²) < 4.78 is 1.78. The van der Waals surface area contributed by atoms with Gasteiger partial charge in [-0.25, -0.2) is 4.68 Å². The topological polar surface area (TPSA) is 92.1 Å². The molecule has 1 aliphatic heterocycles. The van der Waals surface area contributed by atoms with Crippen LogP contribution >= 0.6 is 0 Å². The quantitative estimate of drug-likeness (QED) is 0.704. The summed E-state index contributed by atoms with van der Waals surface area (Å²) in [5.74, 6) is -0.110. The Morgan fingerprint density at radius 3 is 2.85 bits per heavy atom. The first kappa shape index (κ1) is 14.9. The highest BCUT2D eigenvalue weighted by atomic mass is 16.3. The predicted octanol–water partition coefficient (Wildman–Crippen LogP) is -0.0507. The molecule has 2 heterocycles. The normalized spacial score (nSPS) is 18.2. The highest BCUT2D eigenvalue weighted by Gasteiger charge is 2.21. The maximum atomic E-state index is 12.1. The minimum atomic E-state index is -0.280. The van der Waals surface area contributed by atoms with Crippen molar-refractivity contribution in [1.29, 1.82) is 0 Å². The molecule has 0 saturated carbocycles. The number of nitrogens with one attached hydrogen (secondary N) is 2. The van der Waals surface area contributed by atoms with Crippen molar-refractivity contribution in [1.82, 2.24) is 25.6 Å². The highest BCUT2D eigenvalue weighted by molar-refractivity contribution is 5.92. The molecule has 0 radical (unpaired) electrons. The maximum Gasteiger partial charge on any atom is 0.273 e. The number of hydrogen-bond acceptors (Lipinski definition) is 5. The maximum absolute atomic E-state index is 12.1. The summed E-state index contributed by atoms with van der Waals surface area (Å²) in [4.78, 5) is 12.1. The van der Waals surface area contributed by atoms with E-state index in [4.69, 9.17) is 0 Å². The van der Waals surface area contributed by atoms with Crippen LogP contribution in [0.5, 0.6) is 0 Å². The summed E-state index contributed by atoms with van der Waals surface area (Å²) in [6, 6.07) is 0.0515. The summed E-state index contributed by atoms with van der Waals surface area (Å²) in [5, 5.41) is 23.3. The van der Waals surface area contributed by atoms with E-state index in [2.05, 4.69) is 20.9 Å². The minimum Gasteiger partial charge on any atom is -0.394 e. The van der Waals surface area contributed by atoms with Crippen molar-refractivity contribution in [2.75, 3.05) is 19.7 Å².